The van der Waals surface area contributed by atoms with Gasteiger partial charge in [-0.1, -0.05) is 60.2 Å². The van der Waals surface area contributed by atoms with Crippen molar-refractivity contribution in [2.45, 2.75) is 26.3 Å². The first-order chi connectivity index (χ1) is 13.1. The molecule has 2 heterocycles. The van der Waals surface area contributed by atoms with Crippen molar-refractivity contribution >= 4 is 22.2 Å². The quantitative estimate of drug-likeness (QED) is 0.545. The predicted molar refractivity (Wildman–Crippen MR) is 110 cm³/mol. The van der Waals surface area contributed by atoms with Crippen LogP contribution in [-0.2, 0) is 11.2 Å². The average molecular weight is 375 g/mol. The fraction of sp³-hybridized carbons (Fsp3) is 0.182. The van der Waals surface area contributed by atoms with Gasteiger partial charge in [0.05, 0.1) is 18.2 Å². The van der Waals surface area contributed by atoms with Crippen LogP contribution in [0.5, 0.6) is 0 Å². The Morgan fingerprint density at radius 2 is 1.89 bits per heavy atom. The lowest BCUT2D eigenvalue weighted by molar-refractivity contribution is -0.121. The van der Waals surface area contributed by atoms with E-state index >= 15 is 0 Å². The molecule has 0 bridgehead atoms. The van der Waals surface area contributed by atoms with Crippen LogP contribution in [-0.4, -0.2) is 15.3 Å². The molecule has 136 valence electrons. The van der Waals surface area contributed by atoms with Crippen molar-refractivity contribution in [3.8, 4) is 11.3 Å². The number of carbonyl (C=O) groups is 1. The van der Waals surface area contributed by atoms with Crippen LogP contribution < -0.4 is 5.32 Å². The van der Waals surface area contributed by atoms with Gasteiger partial charge < -0.3 is 5.32 Å². The third-order valence-corrected chi connectivity index (χ3v) is 5.54. The van der Waals surface area contributed by atoms with Gasteiger partial charge >= 0.3 is 0 Å². The largest absolute Gasteiger partial charge is 0.349 e. The Balaban J connectivity index is 1.50. The number of aryl methyl sites for hydroxylation is 1. The minimum absolute atomic E-state index is 0.0108. The van der Waals surface area contributed by atoms with Gasteiger partial charge in [-0.2, -0.15) is 0 Å². The molecule has 4 rings (SSSR count). The summed E-state index contributed by atoms with van der Waals surface area (Å²) in [5.41, 5.74) is 5.31. The molecule has 0 aliphatic carbocycles. The molecule has 27 heavy (non-hydrogen) atoms. The Labute approximate surface area is 162 Å². The number of hydrogen-bond acceptors (Lipinski definition) is 3. The molecule has 1 atom stereocenters. The second-order valence-electron chi connectivity index (χ2n) is 6.75. The summed E-state index contributed by atoms with van der Waals surface area (Å²) in [6.07, 6.45) is 2.35. The Morgan fingerprint density at radius 3 is 2.63 bits per heavy atom. The maximum Gasteiger partial charge on any atom is 0.226 e. The molecule has 2 aromatic carbocycles. The van der Waals surface area contributed by atoms with Gasteiger partial charge in [-0.05, 0) is 19.4 Å². The zero-order valence-corrected chi connectivity index (χ0v) is 16.2. The molecule has 0 aliphatic rings. The van der Waals surface area contributed by atoms with Crippen molar-refractivity contribution in [3.63, 3.8) is 0 Å². The highest BCUT2D eigenvalue weighted by atomic mass is 32.1. The molecule has 1 N–H and O–H groups in total. The summed E-state index contributed by atoms with van der Waals surface area (Å²) in [6.45, 7) is 4.08. The second-order valence-corrected chi connectivity index (χ2v) is 7.58. The lowest BCUT2D eigenvalue weighted by Crippen LogP contribution is -2.28. The molecule has 4 aromatic rings. The minimum Gasteiger partial charge on any atom is -0.349 e. The van der Waals surface area contributed by atoms with Gasteiger partial charge in [-0.15, -0.1) is 11.3 Å². The van der Waals surface area contributed by atoms with Crippen LogP contribution in [0.15, 0.2) is 66.2 Å². The van der Waals surface area contributed by atoms with Crippen LogP contribution in [0.2, 0.25) is 0 Å². The molecule has 0 saturated carbocycles. The van der Waals surface area contributed by atoms with E-state index in [1.54, 1.807) is 11.3 Å². The summed E-state index contributed by atoms with van der Waals surface area (Å²) in [4.78, 5) is 18.1. The van der Waals surface area contributed by atoms with E-state index in [-0.39, 0.29) is 11.9 Å². The van der Waals surface area contributed by atoms with Gasteiger partial charge in [0.25, 0.3) is 0 Å². The van der Waals surface area contributed by atoms with Crippen LogP contribution in [0.25, 0.3) is 16.2 Å². The molecule has 0 spiro atoms. The lowest BCUT2D eigenvalue weighted by Gasteiger charge is -2.14. The Kier molecular flexibility index (Phi) is 4.77. The maximum absolute atomic E-state index is 12.5. The number of fused-ring (bicyclic) bond motifs is 1. The number of nitrogens with zero attached hydrogens (tertiary/aromatic N) is 2. The smallest absolute Gasteiger partial charge is 0.226 e. The van der Waals surface area contributed by atoms with Crippen LogP contribution >= 0.6 is 11.3 Å². The SMILES string of the molecule is Cc1ccc(-c2cn3c(CC(=O)N[C@@H](C)c4ccccc4)csc3n2)cc1. The Morgan fingerprint density at radius 1 is 1.15 bits per heavy atom. The van der Waals surface area contributed by atoms with Crippen molar-refractivity contribution in [2.24, 2.45) is 0 Å². The number of imidazole rings is 1. The van der Waals surface area contributed by atoms with Crippen molar-refractivity contribution in [2.75, 3.05) is 0 Å². The number of thiazole rings is 1. The van der Waals surface area contributed by atoms with Crippen molar-refractivity contribution in [1.29, 1.82) is 0 Å². The monoisotopic (exact) mass is 375 g/mol. The fourth-order valence-electron chi connectivity index (χ4n) is 3.10. The Bertz CT molecular complexity index is 1060. The van der Waals surface area contributed by atoms with E-state index in [0.29, 0.717) is 6.42 Å². The topological polar surface area (TPSA) is 46.4 Å². The maximum atomic E-state index is 12.5. The van der Waals surface area contributed by atoms with E-state index in [1.165, 1.54) is 5.56 Å². The van der Waals surface area contributed by atoms with Gasteiger partial charge in [0, 0.05) is 22.8 Å². The molecule has 0 fully saturated rings. The molecule has 4 nitrogen and oxygen atoms in total. The number of aromatic nitrogens is 2. The van der Waals surface area contributed by atoms with Crippen LogP contribution in [0, 0.1) is 6.92 Å². The lowest BCUT2D eigenvalue weighted by atomic mass is 10.1. The first-order valence-electron chi connectivity index (χ1n) is 8.97. The molecule has 0 unspecified atom stereocenters. The first-order valence-corrected chi connectivity index (χ1v) is 9.85. The number of rotatable bonds is 5. The van der Waals surface area contributed by atoms with E-state index in [4.69, 9.17) is 4.98 Å². The number of hydrogen-bond donors (Lipinski definition) is 1. The fourth-order valence-corrected chi connectivity index (χ4v) is 3.97. The number of carbonyl (C=O) groups excluding carboxylic acids is 1. The van der Waals surface area contributed by atoms with Gasteiger partial charge in [-0.3, -0.25) is 9.20 Å². The number of nitrogens with one attached hydrogen (secondary N) is 1. The molecular weight excluding hydrogens is 354 g/mol. The highest BCUT2D eigenvalue weighted by Crippen LogP contribution is 2.24. The van der Waals surface area contributed by atoms with Crippen LogP contribution in [0.3, 0.4) is 0 Å². The summed E-state index contributed by atoms with van der Waals surface area (Å²) in [5.74, 6) is 0.0108. The molecule has 0 radical (unpaired) electrons. The normalized spacial score (nSPS) is 12.2. The van der Waals surface area contributed by atoms with Crippen LogP contribution in [0.1, 0.15) is 29.8 Å². The number of amides is 1. The predicted octanol–water partition coefficient (Wildman–Crippen LogP) is 4.79. The highest BCUT2D eigenvalue weighted by Gasteiger charge is 2.14. The van der Waals surface area contributed by atoms with Crippen LogP contribution in [0.4, 0.5) is 0 Å². The zero-order valence-electron chi connectivity index (χ0n) is 15.3. The average Bonchev–Trinajstić information content (AvgIpc) is 3.25. The van der Waals surface area contributed by atoms with E-state index in [9.17, 15) is 4.79 Å². The molecule has 0 aliphatic heterocycles. The third-order valence-electron chi connectivity index (χ3n) is 4.65. The van der Waals surface area contributed by atoms with Gasteiger partial charge in [0.1, 0.15) is 0 Å². The van der Waals surface area contributed by atoms with Crippen molar-refractivity contribution in [1.82, 2.24) is 14.7 Å². The highest BCUT2D eigenvalue weighted by molar-refractivity contribution is 7.15. The zero-order chi connectivity index (χ0) is 18.8. The molecule has 5 heteroatoms. The molecule has 2 aromatic heterocycles. The van der Waals surface area contributed by atoms with E-state index in [0.717, 1.165) is 27.5 Å². The van der Waals surface area contributed by atoms with E-state index in [1.807, 2.05) is 53.2 Å². The second kappa shape index (κ2) is 7.37. The van der Waals surface area contributed by atoms with Crippen molar-refractivity contribution < 1.29 is 4.79 Å². The standard InChI is InChI=1S/C22H21N3OS/c1-15-8-10-18(11-9-15)20-13-25-19(14-27-22(25)24-20)12-21(26)23-16(2)17-6-4-3-5-7-17/h3-11,13-14,16H,12H2,1-2H3,(H,23,26)/t16-/m0/s1. The summed E-state index contributed by atoms with van der Waals surface area (Å²) in [6, 6.07) is 18.3. The van der Waals surface area contributed by atoms with Gasteiger partial charge in [0.15, 0.2) is 4.96 Å². The summed E-state index contributed by atoms with van der Waals surface area (Å²) >= 11 is 1.56. The molecular formula is C22H21N3OS. The van der Waals surface area contributed by atoms with Gasteiger partial charge in [-0.25, -0.2) is 4.98 Å². The van der Waals surface area contributed by atoms with E-state index < -0.39 is 0 Å². The molecule has 0 saturated heterocycles. The van der Waals surface area contributed by atoms with Crippen molar-refractivity contribution in [3.05, 3.63) is 83.0 Å². The third kappa shape index (κ3) is 3.78. The van der Waals surface area contributed by atoms with E-state index in [2.05, 4.69) is 36.5 Å². The Hall–Kier alpha value is -2.92. The summed E-state index contributed by atoms with van der Waals surface area (Å²) < 4.78 is 2.02. The summed E-state index contributed by atoms with van der Waals surface area (Å²) in [5, 5.41) is 5.08. The summed E-state index contributed by atoms with van der Waals surface area (Å²) in [7, 11) is 0. The number of benzene rings is 2. The van der Waals surface area contributed by atoms with Gasteiger partial charge in [0.2, 0.25) is 5.91 Å². The first kappa shape index (κ1) is 17.5. The molecule has 1 amide bonds. The minimum atomic E-state index is -0.0151.